The molecule has 0 fully saturated rings. The molecule has 1 heterocycles. The molecule has 3 rings (SSSR count). The quantitative estimate of drug-likeness (QED) is 0.353. The van der Waals surface area contributed by atoms with Gasteiger partial charge in [0, 0.05) is 17.3 Å². The molecule has 34 heavy (non-hydrogen) atoms. The number of aromatic carboxylic acids is 1. The molecule has 0 saturated carbocycles. The molecule has 3 N–H and O–H groups in total. The van der Waals surface area contributed by atoms with Crippen molar-refractivity contribution in [2.45, 2.75) is 31.6 Å². The van der Waals surface area contributed by atoms with Crippen molar-refractivity contribution >= 4 is 58.4 Å². The van der Waals surface area contributed by atoms with Crippen LogP contribution in [0, 0.1) is 0 Å². The van der Waals surface area contributed by atoms with Crippen LogP contribution in [0.25, 0.3) is 0 Å². The number of aromatic nitrogens is 3. The number of anilines is 1. The van der Waals surface area contributed by atoms with Crippen molar-refractivity contribution in [3.63, 3.8) is 0 Å². The number of thioether (sulfide) groups is 1. The molecule has 0 spiro atoms. The lowest BCUT2D eigenvalue weighted by atomic mass is 10.2. The number of carboxylic acids is 1. The average molecular weight is 522 g/mol. The van der Waals surface area contributed by atoms with Crippen molar-refractivity contribution in [3.05, 3.63) is 69.5 Å². The molecule has 12 heteroatoms. The van der Waals surface area contributed by atoms with Gasteiger partial charge in [-0.2, -0.15) is 0 Å². The van der Waals surface area contributed by atoms with E-state index in [1.54, 1.807) is 19.1 Å². The number of amides is 2. The van der Waals surface area contributed by atoms with Crippen LogP contribution in [0.5, 0.6) is 0 Å². The van der Waals surface area contributed by atoms with Crippen molar-refractivity contribution in [2.24, 2.45) is 0 Å². The summed E-state index contributed by atoms with van der Waals surface area (Å²) in [6, 6.07) is 10.0. The first-order valence-corrected chi connectivity index (χ1v) is 11.9. The number of carbonyl (C=O) groups is 3. The van der Waals surface area contributed by atoms with Crippen LogP contribution in [0.1, 0.15) is 46.4 Å². The van der Waals surface area contributed by atoms with E-state index in [9.17, 15) is 14.4 Å². The fourth-order valence-corrected chi connectivity index (χ4v) is 4.36. The number of hydrogen-bond donors (Lipinski definition) is 3. The number of nitrogens with one attached hydrogen (secondary N) is 2. The highest BCUT2D eigenvalue weighted by Crippen LogP contribution is 2.24. The van der Waals surface area contributed by atoms with Gasteiger partial charge in [0.25, 0.3) is 5.91 Å². The average Bonchev–Trinajstić information content (AvgIpc) is 3.21. The lowest BCUT2D eigenvalue weighted by Gasteiger charge is -2.15. The van der Waals surface area contributed by atoms with Gasteiger partial charge in [-0.3, -0.25) is 9.59 Å². The van der Waals surface area contributed by atoms with Crippen molar-refractivity contribution < 1.29 is 19.5 Å². The van der Waals surface area contributed by atoms with Crippen LogP contribution in [0.2, 0.25) is 10.0 Å². The van der Waals surface area contributed by atoms with Crippen LogP contribution in [-0.4, -0.2) is 43.4 Å². The summed E-state index contributed by atoms with van der Waals surface area (Å²) in [6.45, 7) is 4.22. The summed E-state index contributed by atoms with van der Waals surface area (Å²) in [7, 11) is 0. The minimum atomic E-state index is -1.04. The minimum absolute atomic E-state index is 0.0694. The zero-order valence-corrected chi connectivity index (χ0v) is 20.5. The summed E-state index contributed by atoms with van der Waals surface area (Å²) in [5.74, 6) is -1.08. The molecule has 0 aliphatic heterocycles. The predicted molar refractivity (Wildman–Crippen MR) is 131 cm³/mol. The number of carboxylic acid groups (broad SMARTS) is 1. The van der Waals surface area contributed by atoms with Crippen LogP contribution in [0.3, 0.4) is 0 Å². The van der Waals surface area contributed by atoms with Gasteiger partial charge in [0.2, 0.25) is 5.91 Å². The Balaban J connectivity index is 1.62. The zero-order chi connectivity index (χ0) is 24.8. The fraction of sp³-hybridized carbons (Fsp3) is 0.227. The van der Waals surface area contributed by atoms with E-state index < -0.39 is 12.0 Å². The number of benzene rings is 2. The Labute approximate surface area is 209 Å². The molecule has 0 saturated heterocycles. The summed E-state index contributed by atoms with van der Waals surface area (Å²) < 4.78 is 1.81. The maximum atomic E-state index is 12.6. The van der Waals surface area contributed by atoms with Crippen molar-refractivity contribution in [1.29, 1.82) is 0 Å². The second-order valence-corrected chi connectivity index (χ2v) is 8.91. The molecule has 1 aromatic heterocycles. The van der Waals surface area contributed by atoms with Crippen LogP contribution in [0.4, 0.5) is 5.69 Å². The third-order valence-electron chi connectivity index (χ3n) is 4.72. The van der Waals surface area contributed by atoms with Crippen molar-refractivity contribution in [1.82, 2.24) is 20.1 Å². The fourth-order valence-electron chi connectivity index (χ4n) is 3.06. The van der Waals surface area contributed by atoms with Crippen LogP contribution in [0.15, 0.2) is 47.6 Å². The van der Waals surface area contributed by atoms with E-state index in [1.807, 2.05) is 11.5 Å². The van der Waals surface area contributed by atoms with E-state index in [0.717, 1.165) is 0 Å². The highest BCUT2D eigenvalue weighted by Gasteiger charge is 2.21. The van der Waals surface area contributed by atoms with Crippen LogP contribution in [-0.2, 0) is 11.3 Å². The van der Waals surface area contributed by atoms with Gasteiger partial charge < -0.3 is 20.3 Å². The van der Waals surface area contributed by atoms with E-state index in [0.29, 0.717) is 33.8 Å². The minimum Gasteiger partial charge on any atom is -0.478 e. The van der Waals surface area contributed by atoms with Crippen molar-refractivity contribution in [2.75, 3.05) is 11.1 Å². The van der Waals surface area contributed by atoms with E-state index in [-0.39, 0.29) is 28.2 Å². The molecule has 0 aliphatic carbocycles. The maximum absolute atomic E-state index is 12.6. The molecule has 9 nitrogen and oxygen atoms in total. The second kappa shape index (κ2) is 11.4. The molecule has 178 valence electrons. The first-order valence-electron chi connectivity index (χ1n) is 10.1. The molecule has 0 radical (unpaired) electrons. The van der Waals surface area contributed by atoms with Gasteiger partial charge >= 0.3 is 5.97 Å². The number of halogens is 2. The molecule has 0 bridgehead atoms. The molecular weight excluding hydrogens is 501 g/mol. The molecule has 2 amide bonds. The van der Waals surface area contributed by atoms with E-state index in [4.69, 9.17) is 28.3 Å². The summed E-state index contributed by atoms with van der Waals surface area (Å²) in [5, 5.41) is 24.1. The Bertz CT molecular complexity index is 1220. The number of rotatable bonds is 9. The summed E-state index contributed by atoms with van der Waals surface area (Å²) in [4.78, 5) is 35.9. The predicted octanol–water partition coefficient (Wildman–Crippen LogP) is 4.52. The first-order chi connectivity index (χ1) is 16.2. The summed E-state index contributed by atoms with van der Waals surface area (Å²) >= 11 is 13.2. The van der Waals surface area contributed by atoms with Gasteiger partial charge in [-0.05, 0) is 56.3 Å². The van der Waals surface area contributed by atoms with Gasteiger partial charge in [0.05, 0.1) is 27.9 Å². The zero-order valence-electron chi connectivity index (χ0n) is 18.2. The molecular formula is C22H21Cl2N5O4S. The largest absolute Gasteiger partial charge is 0.478 e. The van der Waals surface area contributed by atoms with Gasteiger partial charge in [0.15, 0.2) is 11.0 Å². The van der Waals surface area contributed by atoms with Crippen molar-refractivity contribution in [3.8, 4) is 0 Å². The second-order valence-electron chi connectivity index (χ2n) is 7.12. The van der Waals surface area contributed by atoms with Crippen LogP contribution < -0.4 is 10.6 Å². The van der Waals surface area contributed by atoms with E-state index in [1.165, 1.54) is 42.1 Å². The lowest BCUT2D eigenvalue weighted by molar-refractivity contribution is -0.113. The van der Waals surface area contributed by atoms with Crippen LogP contribution >= 0.6 is 35.0 Å². The Kier molecular flexibility index (Phi) is 8.54. The third-order valence-corrected chi connectivity index (χ3v) is 6.23. The molecule has 3 aromatic rings. The summed E-state index contributed by atoms with van der Waals surface area (Å²) in [6.07, 6.45) is 0. The van der Waals surface area contributed by atoms with Gasteiger partial charge in [-0.15, -0.1) is 10.2 Å². The number of nitrogens with zero attached hydrogens (tertiary/aromatic N) is 3. The Morgan fingerprint density at radius 1 is 1.12 bits per heavy atom. The standard InChI is InChI=1S/C22H21Cl2N5O4S/c1-3-29-19(12(2)25-20(31)16-9-6-14(23)10-17(16)24)27-28-22(29)34-11-18(30)26-15-7-4-13(5-8-15)21(32)33/h4-10,12H,3,11H2,1-2H3,(H,25,31)(H,26,30)(H,32,33)/t12-/m0/s1. The van der Waals surface area contributed by atoms with E-state index in [2.05, 4.69) is 20.8 Å². The SMILES string of the molecule is CCn1c(SCC(=O)Nc2ccc(C(=O)O)cc2)nnc1[C@H](C)NC(=O)c1ccc(Cl)cc1Cl. The van der Waals surface area contributed by atoms with Gasteiger partial charge in [0.1, 0.15) is 0 Å². The lowest BCUT2D eigenvalue weighted by Crippen LogP contribution is -2.29. The topological polar surface area (TPSA) is 126 Å². The first kappa shape index (κ1) is 25.5. The molecule has 1 atom stereocenters. The van der Waals surface area contributed by atoms with Gasteiger partial charge in [-0.1, -0.05) is 35.0 Å². The number of carbonyl (C=O) groups excluding carboxylic acids is 2. The highest BCUT2D eigenvalue weighted by atomic mass is 35.5. The smallest absolute Gasteiger partial charge is 0.335 e. The Hall–Kier alpha value is -3.08. The monoisotopic (exact) mass is 521 g/mol. The maximum Gasteiger partial charge on any atom is 0.335 e. The van der Waals surface area contributed by atoms with Gasteiger partial charge in [-0.25, -0.2) is 4.79 Å². The molecule has 0 unspecified atom stereocenters. The Morgan fingerprint density at radius 2 is 1.82 bits per heavy atom. The molecule has 0 aliphatic rings. The molecule has 2 aromatic carbocycles. The normalized spacial score (nSPS) is 11.6. The number of hydrogen-bond acceptors (Lipinski definition) is 6. The Morgan fingerprint density at radius 3 is 2.44 bits per heavy atom. The third kappa shape index (κ3) is 6.28. The van der Waals surface area contributed by atoms with E-state index >= 15 is 0 Å². The highest BCUT2D eigenvalue weighted by molar-refractivity contribution is 7.99. The summed E-state index contributed by atoms with van der Waals surface area (Å²) in [5.41, 5.74) is 0.920.